The fourth-order valence-electron chi connectivity index (χ4n) is 5.02. The summed E-state index contributed by atoms with van der Waals surface area (Å²) in [6.45, 7) is 7.43. The van der Waals surface area contributed by atoms with Gasteiger partial charge in [0.2, 0.25) is 11.5 Å². The summed E-state index contributed by atoms with van der Waals surface area (Å²) in [6, 6.07) is 16.5. The standard InChI is InChI=1S/C27H28N6O2/c1-3-35-25(34)12-11-20-19(2)21(18-28)26-30-22-8-4-5-9-23(22)33(26)27(20)32-16-14-31(15-17-32)24-10-6-7-13-29-24/h4-10,13H,3,11-12,14-17H2,1-2H3/p+1. The number of esters is 1. The van der Waals surface area contributed by atoms with Crippen molar-refractivity contribution in [2.75, 3.05) is 42.6 Å². The number of carbonyl (C=O) groups excluding carboxylic acids is 1. The lowest BCUT2D eigenvalue weighted by Gasteiger charge is -2.34. The lowest BCUT2D eigenvalue weighted by atomic mass is 9.99. The number of nitrogens with one attached hydrogen (secondary N) is 1. The molecular weight excluding hydrogens is 440 g/mol. The van der Waals surface area contributed by atoms with Gasteiger partial charge in [0.1, 0.15) is 28.5 Å². The van der Waals surface area contributed by atoms with E-state index in [2.05, 4.69) is 36.3 Å². The zero-order valence-electron chi connectivity index (χ0n) is 20.1. The van der Waals surface area contributed by atoms with Crippen molar-refractivity contribution < 1.29 is 13.9 Å². The zero-order valence-corrected chi connectivity index (χ0v) is 20.1. The Morgan fingerprint density at radius 3 is 2.60 bits per heavy atom. The molecular formula is C27H29N6O2+. The number of anilines is 2. The highest BCUT2D eigenvalue weighted by molar-refractivity contribution is 5.78. The van der Waals surface area contributed by atoms with Gasteiger partial charge in [-0.05, 0) is 50.1 Å². The molecule has 0 atom stereocenters. The highest BCUT2D eigenvalue weighted by atomic mass is 16.5. The Kier molecular flexibility index (Phi) is 6.23. The van der Waals surface area contributed by atoms with Crippen LogP contribution in [0.5, 0.6) is 0 Å². The van der Waals surface area contributed by atoms with Crippen LogP contribution in [-0.2, 0) is 16.0 Å². The van der Waals surface area contributed by atoms with E-state index in [4.69, 9.17) is 4.74 Å². The van der Waals surface area contributed by atoms with E-state index in [0.717, 1.165) is 65.6 Å². The molecule has 4 aromatic rings. The van der Waals surface area contributed by atoms with Gasteiger partial charge in [-0.15, -0.1) is 0 Å². The van der Waals surface area contributed by atoms with Crippen LogP contribution in [0.2, 0.25) is 0 Å². The summed E-state index contributed by atoms with van der Waals surface area (Å²) in [5, 5.41) is 10.1. The molecule has 3 aromatic heterocycles. The van der Waals surface area contributed by atoms with Crippen LogP contribution in [0.15, 0.2) is 48.7 Å². The molecule has 8 nitrogen and oxygen atoms in total. The number of carbonyl (C=O) groups is 1. The lowest BCUT2D eigenvalue weighted by Crippen LogP contribution is -2.50. The largest absolute Gasteiger partial charge is 0.466 e. The number of benzene rings is 1. The Morgan fingerprint density at radius 1 is 1.14 bits per heavy atom. The number of aromatic amines is 1. The minimum atomic E-state index is -0.222. The number of hydrogen-bond donors (Lipinski definition) is 1. The number of hydrogen-bond acceptors (Lipinski definition) is 6. The van der Waals surface area contributed by atoms with E-state index in [0.29, 0.717) is 18.6 Å². The number of rotatable bonds is 6. The van der Waals surface area contributed by atoms with Crippen LogP contribution in [0.4, 0.5) is 11.6 Å². The number of nitriles is 1. The molecule has 0 aliphatic carbocycles. The Labute approximate surface area is 204 Å². The predicted octanol–water partition coefficient (Wildman–Crippen LogP) is 3.30. The Balaban J connectivity index is 1.62. The molecule has 0 bridgehead atoms. The highest BCUT2D eigenvalue weighted by Gasteiger charge is 2.32. The monoisotopic (exact) mass is 469 g/mol. The van der Waals surface area contributed by atoms with Crippen LogP contribution < -0.4 is 14.2 Å². The van der Waals surface area contributed by atoms with Crippen molar-refractivity contribution in [3.05, 3.63) is 65.4 Å². The van der Waals surface area contributed by atoms with E-state index < -0.39 is 0 Å². The molecule has 8 heteroatoms. The summed E-state index contributed by atoms with van der Waals surface area (Å²) in [4.78, 5) is 24.9. The van der Waals surface area contributed by atoms with Gasteiger partial charge in [-0.25, -0.2) is 4.98 Å². The molecule has 0 amide bonds. The van der Waals surface area contributed by atoms with Gasteiger partial charge in [0.15, 0.2) is 0 Å². The number of fused-ring (bicyclic) bond motifs is 3. The van der Waals surface area contributed by atoms with Crippen LogP contribution in [0.3, 0.4) is 0 Å². The summed E-state index contributed by atoms with van der Waals surface area (Å²) >= 11 is 0. The summed E-state index contributed by atoms with van der Waals surface area (Å²) in [5.41, 5.74) is 5.30. The molecule has 35 heavy (non-hydrogen) atoms. The van der Waals surface area contributed by atoms with Crippen molar-refractivity contribution in [2.45, 2.75) is 26.7 Å². The third-order valence-corrected chi connectivity index (χ3v) is 6.72. The van der Waals surface area contributed by atoms with E-state index in [9.17, 15) is 10.1 Å². The van der Waals surface area contributed by atoms with Crippen LogP contribution in [0.25, 0.3) is 16.7 Å². The van der Waals surface area contributed by atoms with E-state index in [1.807, 2.05) is 56.4 Å². The normalized spacial score (nSPS) is 13.9. The maximum absolute atomic E-state index is 12.3. The smallest absolute Gasteiger partial charge is 0.306 e. The molecule has 0 unspecified atom stereocenters. The molecule has 1 aliphatic heterocycles. The summed E-state index contributed by atoms with van der Waals surface area (Å²) in [5.74, 6) is 1.80. The summed E-state index contributed by atoms with van der Waals surface area (Å²) in [6.07, 6.45) is 2.61. The molecule has 1 saturated heterocycles. The summed E-state index contributed by atoms with van der Waals surface area (Å²) in [7, 11) is 0. The molecule has 178 valence electrons. The number of piperazine rings is 1. The lowest BCUT2D eigenvalue weighted by molar-refractivity contribution is -0.468. The van der Waals surface area contributed by atoms with Gasteiger partial charge in [-0.1, -0.05) is 18.2 Å². The first-order chi connectivity index (χ1) is 17.1. The van der Waals surface area contributed by atoms with E-state index >= 15 is 0 Å². The van der Waals surface area contributed by atoms with Gasteiger partial charge in [0.25, 0.3) is 0 Å². The van der Waals surface area contributed by atoms with Crippen molar-refractivity contribution in [1.82, 2.24) is 9.97 Å². The number of para-hydroxylation sites is 2. The average molecular weight is 470 g/mol. The Bertz CT molecular complexity index is 1410. The first-order valence-corrected chi connectivity index (χ1v) is 12.1. The molecule has 1 aliphatic rings. The maximum Gasteiger partial charge on any atom is 0.306 e. The van der Waals surface area contributed by atoms with Crippen molar-refractivity contribution in [3.63, 3.8) is 0 Å². The van der Waals surface area contributed by atoms with Gasteiger partial charge < -0.3 is 9.64 Å². The van der Waals surface area contributed by atoms with Crippen LogP contribution in [-0.4, -0.2) is 48.7 Å². The van der Waals surface area contributed by atoms with E-state index in [1.54, 1.807) is 0 Å². The average Bonchev–Trinajstić information content (AvgIpc) is 3.27. The number of aromatic nitrogens is 3. The highest BCUT2D eigenvalue weighted by Crippen LogP contribution is 2.30. The van der Waals surface area contributed by atoms with Gasteiger partial charge in [0, 0.05) is 18.2 Å². The molecule has 1 aromatic carbocycles. The van der Waals surface area contributed by atoms with Gasteiger partial charge in [-0.2, -0.15) is 9.66 Å². The molecule has 0 saturated carbocycles. The summed E-state index contributed by atoms with van der Waals surface area (Å²) < 4.78 is 7.37. The van der Waals surface area contributed by atoms with Crippen LogP contribution in [0.1, 0.15) is 30.0 Å². The van der Waals surface area contributed by atoms with Crippen molar-refractivity contribution >= 4 is 34.3 Å². The second-order valence-corrected chi connectivity index (χ2v) is 8.71. The number of ether oxygens (including phenoxy) is 1. The molecule has 0 radical (unpaired) electrons. The van der Waals surface area contributed by atoms with Crippen molar-refractivity contribution in [1.29, 1.82) is 5.26 Å². The topological polar surface area (TPSA) is 89.3 Å². The van der Waals surface area contributed by atoms with Crippen molar-refractivity contribution in [2.24, 2.45) is 0 Å². The van der Waals surface area contributed by atoms with Crippen LogP contribution >= 0.6 is 0 Å². The molecule has 0 spiro atoms. The maximum atomic E-state index is 12.3. The SMILES string of the molecule is CCOC(=O)CCc1c(C)c(C#N)c2[nH]c3ccccc3[n+]2c1N1CCN(c2ccccn2)CC1. The first-order valence-electron chi connectivity index (χ1n) is 12.1. The zero-order chi connectivity index (χ0) is 24.4. The quantitative estimate of drug-likeness (QED) is 0.344. The van der Waals surface area contributed by atoms with Gasteiger partial charge >= 0.3 is 5.97 Å². The second kappa shape index (κ2) is 9.63. The number of H-pyrrole nitrogens is 1. The first kappa shape index (κ1) is 22.7. The molecule has 1 fully saturated rings. The molecule has 4 heterocycles. The number of pyridine rings is 2. The third-order valence-electron chi connectivity index (χ3n) is 6.72. The molecule has 1 N–H and O–H groups in total. The number of imidazole rings is 1. The van der Waals surface area contributed by atoms with Gasteiger partial charge in [-0.3, -0.25) is 14.7 Å². The number of nitrogens with zero attached hydrogens (tertiary/aromatic N) is 5. The predicted molar refractivity (Wildman–Crippen MR) is 135 cm³/mol. The Morgan fingerprint density at radius 2 is 1.89 bits per heavy atom. The van der Waals surface area contributed by atoms with E-state index in [1.165, 1.54) is 0 Å². The van der Waals surface area contributed by atoms with Gasteiger partial charge in [0.05, 0.1) is 32.8 Å². The fraction of sp³-hybridized carbons (Fsp3) is 0.333. The minimum Gasteiger partial charge on any atom is -0.466 e. The third kappa shape index (κ3) is 4.14. The van der Waals surface area contributed by atoms with Crippen molar-refractivity contribution in [3.8, 4) is 6.07 Å². The second-order valence-electron chi connectivity index (χ2n) is 8.71. The minimum absolute atomic E-state index is 0.222. The molecule has 5 rings (SSSR count). The van der Waals surface area contributed by atoms with E-state index in [-0.39, 0.29) is 12.4 Å². The van der Waals surface area contributed by atoms with Crippen LogP contribution in [0, 0.1) is 18.3 Å². The Hall–Kier alpha value is -4.12. The fourth-order valence-corrected chi connectivity index (χ4v) is 5.02.